The maximum atomic E-state index is 13.8. The monoisotopic (exact) mass is 507 g/mol. The molecule has 0 saturated carbocycles. The minimum Gasteiger partial charge on any atom is -0.462 e. The molecule has 1 spiro atoms. The lowest BCUT2D eigenvalue weighted by Crippen LogP contribution is -2.50. The van der Waals surface area contributed by atoms with Crippen molar-refractivity contribution in [2.24, 2.45) is 5.73 Å². The van der Waals surface area contributed by atoms with E-state index in [1.807, 2.05) is 53.4 Å². The summed E-state index contributed by atoms with van der Waals surface area (Å²) >= 11 is 3.55. The second-order valence-corrected chi connectivity index (χ2v) is 9.49. The molecule has 5 rings (SSSR count). The van der Waals surface area contributed by atoms with Gasteiger partial charge in [-0.3, -0.25) is 4.79 Å². The largest absolute Gasteiger partial charge is 0.462 e. The number of amides is 1. The average molecular weight is 508 g/mol. The normalized spacial score (nSPS) is 21.8. The minimum absolute atomic E-state index is 0.198. The third-order valence-electron chi connectivity index (χ3n) is 6.78. The molecule has 0 aromatic heterocycles. The number of nitrogens with two attached hydrogens (primary N) is 1. The molecular formula is C26H26BrN3O3. The standard InChI is InChI=1S/C26H26BrN3O3/c1-2-33-24(31)22-23(28)30(15-16-8-4-3-5-9-16)21-11-7-6-10-18(21)26(22)19-14-17(27)12-13-20(19)29-25(26)32/h3-5,8-9,12-14H,2,6-7,10-11,15,28H2,1H3,(H,29,32). The van der Waals surface area contributed by atoms with Crippen molar-refractivity contribution in [3.8, 4) is 0 Å². The van der Waals surface area contributed by atoms with E-state index in [9.17, 15) is 9.59 Å². The summed E-state index contributed by atoms with van der Waals surface area (Å²) in [5.41, 5.74) is 10.3. The molecule has 170 valence electrons. The summed E-state index contributed by atoms with van der Waals surface area (Å²) in [5, 5.41) is 3.02. The van der Waals surface area contributed by atoms with E-state index in [-0.39, 0.29) is 18.1 Å². The SMILES string of the molecule is CCOC(=O)C1=C(N)N(Cc2ccccc2)C2=C(CCCC2)C12C(=O)Nc1ccc(Br)cc12. The lowest BCUT2D eigenvalue weighted by Gasteiger charge is -2.45. The van der Waals surface area contributed by atoms with Crippen LogP contribution < -0.4 is 11.1 Å². The van der Waals surface area contributed by atoms with Gasteiger partial charge in [-0.05, 0) is 61.9 Å². The Hall–Kier alpha value is -3.06. The first-order chi connectivity index (χ1) is 16.0. The van der Waals surface area contributed by atoms with E-state index in [0.717, 1.165) is 52.6 Å². The Morgan fingerprint density at radius 1 is 1.18 bits per heavy atom. The van der Waals surface area contributed by atoms with Crippen LogP contribution in [0.1, 0.15) is 43.7 Å². The third-order valence-corrected chi connectivity index (χ3v) is 7.27. The van der Waals surface area contributed by atoms with Gasteiger partial charge >= 0.3 is 5.97 Å². The van der Waals surface area contributed by atoms with Gasteiger partial charge in [-0.15, -0.1) is 0 Å². The molecule has 2 heterocycles. The molecule has 1 unspecified atom stereocenters. The number of carbonyl (C=O) groups excluding carboxylic acids is 2. The van der Waals surface area contributed by atoms with Gasteiger partial charge in [0, 0.05) is 28.0 Å². The molecular weight excluding hydrogens is 482 g/mol. The average Bonchev–Trinajstić information content (AvgIpc) is 3.09. The number of anilines is 1. The molecule has 3 aliphatic rings. The summed E-state index contributed by atoms with van der Waals surface area (Å²) in [5.74, 6) is -0.496. The van der Waals surface area contributed by atoms with Crippen LogP contribution in [0, 0.1) is 0 Å². The number of esters is 1. The fourth-order valence-corrected chi connectivity index (χ4v) is 5.81. The molecule has 0 radical (unpaired) electrons. The Bertz CT molecular complexity index is 1200. The first-order valence-corrected chi connectivity index (χ1v) is 12.1. The van der Waals surface area contributed by atoms with E-state index < -0.39 is 11.4 Å². The summed E-state index contributed by atoms with van der Waals surface area (Å²) < 4.78 is 6.33. The number of hydrogen-bond donors (Lipinski definition) is 2. The number of hydrogen-bond acceptors (Lipinski definition) is 5. The van der Waals surface area contributed by atoms with Gasteiger partial charge in [-0.25, -0.2) is 4.79 Å². The summed E-state index contributed by atoms with van der Waals surface area (Å²) in [6, 6.07) is 15.7. The van der Waals surface area contributed by atoms with Gasteiger partial charge in [-0.2, -0.15) is 0 Å². The van der Waals surface area contributed by atoms with Gasteiger partial charge in [0.15, 0.2) is 0 Å². The van der Waals surface area contributed by atoms with E-state index in [1.54, 1.807) is 6.92 Å². The first-order valence-electron chi connectivity index (χ1n) is 11.3. The summed E-state index contributed by atoms with van der Waals surface area (Å²) in [6.07, 6.45) is 3.48. The molecule has 2 aliphatic heterocycles. The highest BCUT2D eigenvalue weighted by Crippen LogP contribution is 2.56. The van der Waals surface area contributed by atoms with Crippen LogP contribution in [0.15, 0.2) is 75.7 Å². The van der Waals surface area contributed by atoms with E-state index in [2.05, 4.69) is 21.2 Å². The highest BCUT2D eigenvalue weighted by atomic mass is 79.9. The van der Waals surface area contributed by atoms with Crippen LogP contribution in [0.5, 0.6) is 0 Å². The molecule has 2 aromatic rings. The van der Waals surface area contributed by atoms with Crippen LogP contribution in [0.2, 0.25) is 0 Å². The molecule has 33 heavy (non-hydrogen) atoms. The van der Waals surface area contributed by atoms with Crippen LogP contribution in [0.3, 0.4) is 0 Å². The molecule has 0 fully saturated rings. The van der Waals surface area contributed by atoms with Crippen LogP contribution in [0.25, 0.3) is 0 Å². The summed E-state index contributed by atoms with van der Waals surface area (Å²) in [7, 11) is 0. The number of nitrogens with one attached hydrogen (secondary N) is 1. The summed E-state index contributed by atoms with van der Waals surface area (Å²) in [6.45, 7) is 2.48. The van der Waals surface area contributed by atoms with Crippen molar-refractivity contribution >= 4 is 33.5 Å². The molecule has 0 bridgehead atoms. The number of rotatable bonds is 4. The molecule has 2 aromatic carbocycles. The third kappa shape index (κ3) is 3.29. The topological polar surface area (TPSA) is 84.7 Å². The van der Waals surface area contributed by atoms with Crippen LogP contribution in [-0.4, -0.2) is 23.4 Å². The molecule has 1 aliphatic carbocycles. The predicted molar refractivity (Wildman–Crippen MR) is 130 cm³/mol. The number of benzene rings is 2. The van der Waals surface area contributed by atoms with Gasteiger partial charge in [0.05, 0.1) is 6.61 Å². The second kappa shape index (κ2) is 8.37. The zero-order valence-corrected chi connectivity index (χ0v) is 20.1. The van der Waals surface area contributed by atoms with E-state index >= 15 is 0 Å². The predicted octanol–water partition coefficient (Wildman–Crippen LogP) is 4.72. The number of halogens is 1. The maximum Gasteiger partial charge on any atom is 0.339 e. The Labute approximate surface area is 201 Å². The number of allylic oxidation sites excluding steroid dienone is 1. The highest BCUT2D eigenvalue weighted by molar-refractivity contribution is 9.10. The Morgan fingerprint density at radius 2 is 1.94 bits per heavy atom. The van der Waals surface area contributed by atoms with Crippen molar-refractivity contribution in [2.75, 3.05) is 11.9 Å². The van der Waals surface area contributed by atoms with E-state index in [1.165, 1.54) is 0 Å². The quantitative estimate of drug-likeness (QED) is 0.585. The highest BCUT2D eigenvalue weighted by Gasteiger charge is 2.59. The first kappa shape index (κ1) is 21.8. The fourth-order valence-electron chi connectivity index (χ4n) is 5.44. The van der Waals surface area contributed by atoms with Gasteiger partial charge < -0.3 is 20.7 Å². The molecule has 7 heteroatoms. The Kier molecular flexibility index (Phi) is 5.52. The van der Waals surface area contributed by atoms with Crippen molar-refractivity contribution in [1.82, 2.24) is 4.90 Å². The number of fused-ring (bicyclic) bond motifs is 3. The van der Waals surface area contributed by atoms with Crippen LogP contribution in [-0.2, 0) is 26.3 Å². The van der Waals surface area contributed by atoms with Gasteiger partial charge in [0.25, 0.3) is 0 Å². The maximum absolute atomic E-state index is 13.8. The zero-order valence-electron chi connectivity index (χ0n) is 18.5. The molecule has 3 N–H and O–H groups in total. The fraction of sp³-hybridized carbons (Fsp3) is 0.308. The number of carbonyl (C=O) groups is 2. The van der Waals surface area contributed by atoms with Crippen molar-refractivity contribution < 1.29 is 14.3 Å². The van der Waals surface area contributed by atoms with Crippen molar-refractivity contribution in [3.63, 3.8) is 0 Å². The zero-order chi connectivity index (χ0) is 23.2. The Balaban J connectivity index is 1.79. The molecule has 1 atom stereocenters. The van der Waals surface area contributed by atoms with Crippen molar-refractivity contribution in [3.05, 3.63) is 86.8 Å². The van der Waals surface area contributed by atoms with Gasteiger partial charge in [0.1, 0.15) is 16.8 Å². The van der Waals surface area contributed by atoms with Crippen molar-refractivity contribution in [1.29, 1.82) is 0 Å². The van der Waals surface area contributed by atoms with Gasteiger partial charge in [-0.1, -0.05) is 46.3 Å². The van der Waals surface area contributed by atoms with Crippen LogP contribution >= 0.6 is 15.9 Å². The second-order valence-electron chi connectivity index (χ2n) is 8.58. The summed E-state index contributed by atoms with van der Waals surface area (Å²) in [4.78, 5) is 29.3. The van der Waals surface area contributed by atoms with Crippen molar-refractivity contribution in [2.45, 2.75) is 44.6 Å². The Morgan fingerprint density at radius 3 is 2.70 bits per heavy atom. The number of nitrogens with zero attached hydrogens (tertiary/aromatic N) is 1. The smallest absolute Gasteiger partial charge is 0.339 e. The molecule has 6 nitrogen and oxygen atoms in total. The lowest BCUT2D eigenvalue weighted by molar-refractivity contribution is -0.140. The van der Waals surface area contributed by atoms with Gasteiger partial charge in [0.2, 0.25) is 5.91 Å². The lowest BCUT2D eigenvalue weighted by atomic mass is 9.64. The van der Waals surface area contributed by atoms with Crippen LogP contribution in [0.4, 0.5) is 5.69 Å². The molecule has 1 amide bonds. The minimum atomic E-state index is -1.28. The molecule has 0 saturated heterocycles. The van der Waals surface area contributed by atoms with E-state index in [4.69, 9.17) is 10.5 Å². The number of ether oxygens (including phenoxy) is 1. The van der Waals surface area contributed by atoms with E-state index in [0.29, 0.717) is 18.1 Å².